The van der Waals surface area contributed by atoms with Crippen LogP contribution < -0.4 is 15.4 Å². The summed E-state index contributed by atoms with van der Waals surface area (Å²) in [6.07, 6.45) is 8.68. The Bertz CT molecular complexity index is 1060. The van der Waals surface area contributed by atoms with E-state index in [0.717, 1.165) is 46.8 Å². The van der Waals surface area contributed by atoms with Gasteiger partial charge in [0.2, 0.25) is 0 Å². The number of pyridine rings is 2. The van der Waals surface area contributed by atoms with Gasteiger partial charge >= 0.3 is 0 Å². The molecule has 5 rings (SSSR count). The third kappa shape index (κ3) is 3.99. The Hall–Kier alpha value is -3.41. The average molecular weight is 400 g/mol. The Morgan fingerprint density at radius 3 is 2.87 bits per heavy atom. The molecule has 152 valence electrons. The van der Waals surface area contributed by atoms with Crippen molar-refractivity contribution in [3.8, 4) is 16.9 Å². The summed E-state index contributed by atoms with van der Waals surface area (Å²) in [7, 11) is 0. The molecule has 3 heterocycles. The van der Waals surface area contributed by atoms with Gasteiger partial charge in [0.25, 0.3) is 5.91 Å². The molecule has 0 unspecified atom stereocenters. The van der Waals surface area contributed by atoms with Crippen LogP contribution in [0.2, 0.25) is 0 Å². The highest BCUT2D eigenvalue weighted by Gasteiger charge is 2.23. The summed E-state index contributed by atoms with van der Waals surface area (Å²) in [5.41, 5.74) is 4.88. The van der Waals surface area contributed by atoms with Crippen molar-refractivity contribution in [2.75, 3.05) is 18.5 Å². The SMILES string of the molecule is O=C(NCC1CC1)c1cccc(CNc2ncc(-c3ccncc3)c3c2CCO3)c1. The molecule has 0 radical (unpaired) electrons. The van der Waals surface area contributed by atoms with E-state index in [4.69, 9.17) is 4.74 Å². The molecule has 1 fully saturated rings. The van der Waals surface area contributed by atoms with Crippen LogP contribution in [0.4, 0.5) is 5.82 Å². The number of anilines is 1. The van der Waals surface area contributed by atoms with Crippen LogP contribution in [-0.2, 0) is 13.0 Å². The molecule has 0 atom stereocenters. The monoisotopic (exact) mass is 400 g/mol. The van der Waals surface area contributed by atoms with Crippen LogP contribution in [-0.4, -0.2) is 29.0 Å². The molecule has 6 nitrogen and oxygen atoms in total. The zero-order chi connectivity index (χ0) is 20.3. The second-order valence-corrected chi connectivity index (χ2v) is 7.87. The lowest BCUT2D eigenvalue weighted by molar-refractivity contribution is 0.0951. The molecule has 0 saturated heterocycles. The molecular weight excluding hydrogens is 376 g/mol. The summed E-state index contributed by atoms with van der Waals surface area (Å²) < 4.78 is 5.93. The molecule has 1 aliphatic heterocycles. The third-order valence-electron chi connectivity index (χ3n) is 5.61. The van der Waals surface area contributed by atoms with E-state index in [1.54, 1.807) is 12.4 Å². The molecule has 1 aromatic carbocycles. The van der Waals surface area contributed by atoms with Crippen LogP contribution in [0.3, 0.4) is 0 Å². The molecule has 0 bridgehead atoms. The van der Waals surface area contributed by atoms with Crippen molar-refractivity contribution in [1.82, 2.24) is 15.3 Å². The molecule has 2 N–H and O–H groups in total. The molecule has 2 aromatic heterocycles. The number of rotatable bonds is 7. The number of benzene rings is 1. The molecule has 1 aliphatic carbocycles. The topological polar surface area (TPSA) is 76.1 Å². The molecular formula is C24H24N4O2. The number of ether oxygens (including phenoxy) is 1. The average Bonchev–Trinajstić information content (AvgIpc) is 3.50. The minimum atomic E-state index is -0.00197. The summed E-state index contributed by atoms with van der Waals surface area (Å²) in [6, 6.07) is 11.7. The molecule has 1 saturated carbocycles. The van der Waals surface area contributed by atoms with Gasteiger partial charge in [-0.15, -0.1) is 0 Å². The lowest BCUT2D eigenvalue weighted by atomic mass is 10.0. The molecule has 3 aromatic rings. The highest BCUT2D eigenvalue weighted by atomic mass is 16.5. The van der Waals surface area contributed by atoms with Crippen molar-refractivity contribution in [2.24, 2.45) is 5.92 Å². The van der Waals surface area contributed by atoms with Gasteiger partial charge in [0.15, 0.2) is 0 Å². The number of carbonyl (C=O) groups is 1. The number of nitrogens with one attached hydrogen (secondary N) is 2. The molecule has 1 amide bonds. The van der Waals surface area contributed by atoms with E-state index in [0.29, 0.717) is 24.6 Å². The first-order chi connectivity index (χ1) is 14.8. The van der Waals surface area contributed by atoms with Crippen LogP contribution in [0.1, 0.15) is 34.3 Å². The molecule has 0 spiro atoms. The van der Waals surface area contributed by atoms with Gasteiger partial charge in [-0.2, -0.15) is 0 Å². The fourth-order valence-corrected chi connectivity index (χ4v) is 3.75. The van der Waals surface area contributed by atoms with Crippen molar-refractivity contribution >= 4 is 11.7 Å². The molecule has 30 heavy (non-hydrogen) atoms. The number of amides is 1. The van der Waals surface area contributed by atoms with Gasteiger partial charge in [-0.05, 0) is 54.2 Å². The summed E-state index contributed by atoms with van der Waals surface area (Å²) in [4.78, 5) is 21.1. The first-order valence-electron chi connectivity index (χ1n) is 10.4. The normalized spacial score (nSPS) is 14.7. The van der Waals surface area contributed by atoms with Crippen molar-refractivity contribution in [1.29, 1.82) is 0 Å². The van der Waals surface area contributed by atoms with Crippen LogP contribution in [0.15, 0.2) is 55.0 Å². The zero-order valence-corrected chi connectivity index (χ0v) is 16.7. The highest BCUT2D eigenvalue weighted by molar-refractivity contribution is 5.94. The van der Waals surface area contributed by atoms with Crippen LogP contribution in [0.25, 0.3) is 11.1 Å². The maximum atomic E-state index is 12.4. The summed E-state index contributed by atoms with van der Waals surface area (Å²) >= 11 is 0. The van der Waals surface area contributed by atoms with Gasteiger partial charge in [-0.1, -0.05) is 12.1 Å². The van der Waals surface area contributed by atoms with E-state index in [9.17, 15) is 4.79 Å². The second kappa shape index (κ2) is 8.14. The Kier molecular flexibility index (Phi) is 5.05. The molecule has 2 aliphatic rings. The van der Waals surface area contributed by atoms with Crippen LogP contribution in [0, 0.1) is 5.92 Å². The highest BCUT2D eigenvalue weighted by Crippen LogP contribution is 2.39. The molecule has 6 heteroatoms. The maximum Gasteiger partial charge on any atom is 0.251 e. The first kappa shape index (κ1) is 18.6. The number of fused-ring (bicyclic) bond motifs is 1. The van der Waals surface area contributed by atoms with E-state index in [1.165, 1.54) is 12.8 Å². The van der Waals surface area contributed by atoms with Crippen molar-refractivity contribution in [2.45, 2.75) is 25.8 Å². The lowest BCUT2D eigenvalue weighted by Crippen LogP contribution is -2.25. The van der Waals surface area contributed by atoms with Crippen LogP contribution >= 0.6 is 0 Å². The van der Waals surface area contributed by atoms with Crippen molar-refractivity contribution in [3.63, 3.8) is 0 Å². The summed E-state index contributed by atoms with van der Waals surface area (Å²) in [6.45, 7) is 2.03. The van der Waals surface area contributed by atoms with Gasteiger partial charge < -0.3 is 15.4 Å². The van der Waals surface area contributed by atoms with Gasteiger partial charge in [0, 0.05) is 54.8 Å². The van der Waals surface area contributed by atoms with Crippen molar-refractivity contribution < 1.29 is 9.53 Å². The second-order valence-electron chi connectivity index (χ2n) is 7.87. The van der Waals surface area contributed by atoms with Gasteiger partial charge in [-0.3, -0.25) is 9.78 Å². The van der Waals surface area contributed by atoms with E-state index in [1.807, 2.05) is 42.6 Å². The standard InChI is InChI=1S/C24H24N4O2/c29-24(28-13-16-4-5-16)19-3-1-2-17(12-19)14-26-23-20-8-11-30-22(20)21(15-27-23)18-6-9-25-10-7-18/h1-3,6-7,9-10,12,15-16H,4-5,8,11,13-14H2,(H,26,27)(H,28,29). The maximum absolute atomic E-state index is 12.4. The fraction of sp³-hybridized carbons (Fsp3) is 0.292. The zero-order valence-electron chi connectivity index (χ0n) is 16.7. The van der Waals surface area contributed by atoms with Gasteiger partial charge in [-0.25, -0.2) is 4.98 Å². The first-order valence-corrected chi connectivity index (χ1v) is 10.4. The Labute approximate surface area is 175 Å². The number of hydrogen-bond acceptors (Lipinski definition) is 5. The Morgan fingerprint density at radius 2 is 2.03 bits per heavy atom. The summed E-state index contributed by atoms with van der Waals surface area (Å²) in [5.74, 6) is 2.40. The minimum Gasteiger partial charge on any atom is -0.492 e. The number of hydrogen-bond donors (Lipinski definition) is 2. The minimum absolute atomic E-state index is 0.00197. The summed E-state index contributed by atoms with van der Waals surface area (Å²) in [5, 5.41) is 6.46. The Morgan fingerprint density at radius 1 is 1.17 bits per heavy atom. The van der Waals surface area contributed by atoms with E-state index in [-0.39, 0.29) is 5.91 Å². The lowest BCUT2D eigenvalue weighted by Gasteiger charge is -2.13. The van der Waals surface area contributed by atoms with Gasteiger partial charge in [0.1, 0.15) is 11.6 Å². The van der Waals surface area contributed by atoms with Crippen LogP contribution in [0.5, 0.6) is 5.75 Å². The van der Waals surface area contributed by atoms with Crippen molar-refractivity contribution in [3.05, 3.63) is 71.7 Å². The number of nitrogens with zero attached hydrogens (tertiary/aromatic N) is 2. The predicted molar refractivity (Wildman–Crippen MR) is 115 cm³/mol. The third-order valence-corrected chi connectivity index (χ3v) is 5.61. The quantitative estimate of drug-likeness (QED) is 0.630. The number of aromatic nitrogens is 2. The Balaban J connectivity index is 1.30. The largest absolute Gasteiger partial charge is 0.492 e. The van der Waals surface area contributed by atoms with E-state index in [2.05, 4.69) is 20.6 Å². The number of carbonyl (C=O) groups excluding carboxylic acids is 1. The van der Waals surface area contributed by atoms with Gasteiger partial charge in [0.05, 0.1) is 6.61 Å². The smallest absolute Gasteiger partial charge is 0.251 e. The van der Waals surface area contributed by atoms with E-state index >= 15 is 0 Å². The van der Waals surface area contributed by atoms with E-state index < -0.39 is 0 Å². The predicted octanol–water partition coefficient (Wildman–Crippen LogP) is 3.83. The fourth-order valence-electron chi connectivity index (χ4n) is 3.75.